The van der Waals surface area contributed by atoms with Crippen LogP contribution in [-0.2, 0) is 9.59 Å². The first-order valence-corrected chi connectivity index (χ1v) is 8.77. The highest BCUT2D eigenvalue weighted by Crippen LogP contribution is 2.28. The second-order valence-electron chi connectivity index (χ2n) is 5.58. The molecule has 1 atom stereocenters. The van der Waals surface area contributed by atoms with Crippen molar-refractivity contribution in [3.63, 3.8) is 0 Å². The second kappa shape index (κ2) is 8.55. The Morgan fingerprint density at radius 3 is 2.33 bits per heavy atom. The largest absolute Gasteiger partial charge is 0.326 e. The molecule has 0 aliphatic rings. The van der Waals surface area contributed by atoms with Crippen LogP contribution in [0.5, 0.6) is 0 Å². The second-order valence-corrected chi connectivity index (χ2v) is 6.86. The summed E-state index contributed by atoms with van der Waals surface area (Å²) in [6.07, 6.45) is 0.715. The van der Waals surface area contributed by atoms with E-state index in [2.05, 4.69) is 10.6 Å². The predicted molar refractivity (Wildman–Crippen MR) is 100 cm³/mol. The fourth-order valence-corrected chi connectivity index (χ4v) is 3.30. The van der Waals surface area contributed by atoms with Crippen LogP contribution in [0.3, 0.4) is 0 Å². The number of thioether (sulfide) groups is 1. The number of carbonyl (C=O) groups is 2. The number of hydrogen-bond acceptors (Lipinski definition) is 3. The van der Waals surface area contributed by atoms with Crippen LogP contribution in [0.15, 0.2) is 53.4 Å². The van der Waals surface area contributed by atoms with Crippen LogP contribution < -0.4 is 10.6 Å². The lowest BCUT2D eigenvalue weighted by Gasteiger charge is -2.15. The maximum Gasteiger partial charge on any atom is 0.237 e. The molecule has 4 nitrogen and oxygen atoms in total. The standard InChI is InChI=1S/C19H22N2O2S/c1-4-18(19(23)21-15-8-5-7-13(2)11-15)24-17-10-6-9-16(12-17)20-14(3)22/h5-12,18H,4H2,1-3H3,(H,20,22)(H,21,23). The minimum atomic E-state index is -0.196. The molecular formula is C19H22N2O2S. The van der Waals surface area contributed by atoms with Gasteiger partial charge in [-0.25, -0.2) is 0 Å². The van der Waals surface area contributed by atoms with E-state index in [1.165, 1.54) is 18.7 Å². The van der Waals surface area contributed by atoms with Crippen LogP contribution in [0.4, 0.5) is 11.4 Å². The summed E-state index contributed by atoms with van der Waals surface area (Å²) in [5, 5.41) is 5.53. The first-order valence-electron chi connectivity index (χ1n) is 7.89. The van der Waals surface area contributed by atoms with Crippen molar-refractivity contribution in [3.05, 3.63) is 54.1 Å². The number of carbonyl (C=O) groups excluding carboxylic acids is 2. The zero-order valence-corrected chi connectivity index (χ0v) is 14.9. The van der Waals surface area contributed by atoms with E-state index in [9.17, 15) is 9.59 Å². The van der Waals surface area contributed by atoms with Crippen LogP contribution in [0.1, 0.15) is 25.8 Å². The zero-order chi connectivity index (χ0) is 17.5. The molecule has 2 aromatic rings. The highest BCUT2D eigenvalue weighted by Gasteiger charge is 2.18. The molecule has 2 rings (SSSR count). The van der Waals surface area contributed by atoms with Gasteiger partial charge in [-0.3, -0.25) is 9.59 Å². The topological polar surface area (TPSA) is 58.2 Å². The van der Waals surface area contributed by atoms with Crippen molar-refractivity contribution in [1.29, 1.82) is 0 Å². The highest BCUT2D eigenvalue weighted by molar-refractivity contribution is 8.00. The molecule has 24 heavy (non-hydrogen) atoms. The summed E-state index contributed by atoms with van der Waals surface area (Å²) in [5.74, 6) is -0.126. The van der Waals surface area contributed by atoms with E-state index < -0.39 is 0 Å². The number of hydrogen-bond donors (Lipinski definition) is 2. The number of rotatable bonds is 6. The molecule has 0 aliphatic carbocycles. The Morgan fingerprint density at radius 2 is 1.71 bits per heavy atom. The lowest BCUT2D eigenvalue weighted by molar-refractivity contribution is -0.116. The predicted octanol–water partition coefficient (Wildman–Crippen LogP) is 4.46. The molecule has 2 N–H and O–H groups in total. The summed E-state index contributed by atoms with van der Waals surface area (Å²) in [5.41, 5.74) is 2.66. The average molecular weight is 342 g/mol. The third-order valence-corrected chi connectivity index (χ3v) is 4.74. The van der Waals surface area contributed by atoms with E-state index in [4.69, 9.17) is 0 Å². The van der Waals surface area contributed by atoms with Crippen molar-refractivity contribution in [2.75, 3.05) is 10.6 Å². The Hall–Kier alpha value is -2.27. The zero-order valence-electron chi connectivity index (χ0n) is 14.1. The minimum absolute atomic E-state index is 0.0157. The van der Waals surface area contributed by atoms with Gasteiger partial charge in [0.2, 0.25) is 11.8 Å². The fourth-order valence-electron chi connectivity index (χ4n) is 2.28. The molecule has 0 fully saturated rings. The summed E-state index contributed by atoms with van der Waals surface area (Å²) in [6, 6.07) is 15.3. The lowest BCUT2D eigenvalue weighted by atomic mass is 10.2. The molecule has 0 saturated carbocycles. The lowest BCUT2D eigenvalue weighted by Crippen LogP contribution is -2.24. The Morgan fingerprint density at radius 1 is 1.04 bits per heavy atom. The van der Waals surface area contributed by atoms with Crippen molar-refractivity contribution < 1.29 is 9.59 Å². The molecule has 0 heterocycles. The minimum Gasteiger partial charge on any atom is -0.326 e. The van der Waals surface area contributed by atoms with Gasteiger partial charge in [-0.1, -0.05) is 25.1 Å². The normalized spacial score (nSPS) is 11.6. The summed E-state index contributed by atoms with van der Waals surface area (Å²) in [7, 11) is 0. The molecule has 0 spiro atoms. The fraction of sp³-hybridized carbons (Fsp3) is 0.263. The first kappa shape index (κ1) is 18.1. The van der Waals surface area contributed by atoms with Crippen LogP contribution in [0, 0.1) is 6.92 Å². The molecule has 5 heteroatoms. The van der Waals surface area contributed by atoms with Crippen LogP contribution >= 0.6 is 11.8 Å². The molecule has 0 saturated heterocycles. The molecule has 2 aromatic carbocycles. The smallest absolute Gasteiger partial charge is 0.237 e. The Kier molecular flexibility index (Phi) is 6.44. The summed E-state index contributed by atoms with van der Waals surface area (Å²) in [6.45, 7) is 5.46. The first-order chi connectivity index (χ1) is 11.5. The SMILES string of the molecule is CCC(Sc1cccc(NC(C)=O)c1)C(=O)Nc1cccc(C)c1. The van der Waals surface area contributed by atoms with Crippen molar-refractivity contribution >= 4 is 35.0 Å². The maximum absolute atomic E-state index is 12.5. The summed E-state index contributed by atoms with van der Waals surface area (Å²) in [4.78, 5) is 24.6. The van der Waals surface area contributed by atoms with Gasteiger partial charge in [-0.05, 0) is 49.2 Å². The number of amides is 2. The van der Waals surface area contributed by atoms with E-state index in [-0.39, 0.29) is 17.1 Å². The van der Waals surface area contributed by atoms with Gasteiger partial charge in [-0.2, -0.15) is 0 Å². The van der Waals surface area contributed by atoms with E-state index in [0.717, 1.165) is 21.8 Å². The van der Waals surface area contributed by atoms with Gasteiger partial charge in [0.1, 0.15) is 0 Å². The van der Waals surface area contributed by atoms with E-state index >= 15 is 0 Å². The molecule has 0 aromatic heterocycles. The van der Waals surface area contributed by atoms with Crippen LogP contribution in [-0.4, -0.2) is 17.1 Å². The maximum atomic E-state index is 12.5. The van der Waals surface area contributed by atoms with Crippen molar-refractivity contribution in [1.82, 2.24) is 0 Å². The Balaban J connectivity index is 2.05. The highest BCUT2D eigenvalue weighted by atomic mass is 32.2. The molecule has 126 valence electrons. The third kappa shape index (κ3) is 5.42. The number of aryl methyl sites for hydroxylation is 1. The van der Waals surface area contributed by atoms with E-state index in [1.807, 2.05) is 62.4 Å². The Bertz CT molecular complexity index is 731. The molecule has 0 bridgehead atoms. The van der Waals surface area contributed by atoms with E-state index in [1.54, 1.807) is 0 Å². The molecule has 0 aliphatic heterocycles. The Labute approximate surface area is 147 Å². The number of nitrogens with one attached hydrogen (secondary N) is 2. The van der Waals surface area contributed by atoms with Gasteiger partial charge in [0.15, 0.2) is 0 Å². The molecular weight excluding hydrogens is 320 g/mol. The average Bonchev–Trinajstić information content (AvgIpc) is 2.52. The van der Waals surface area contributed by atoms with Gasteiger partial charge >= 0.3 is 0 Å². The van der Waals surface area contributed by atoms with Gasteiger partial charge in [0.05, 0.1) is 5.25 Å². The summed E-state index contributed by atoms with van der Waals surface area (Å²) >= 11 is 1.50. The van der Waals surface area contributed by atoms with Crippen molar-refractivity contribution in [3.8, 4) is 0 Å². The summed E-state index contributed by atoms with van der Waals surface area (Å²) < 4.78 is 0. The van der Waals surface area contributed by atoms with Gasteiger partial charge in [-0.15, -0.1) is 11.8 Å². The van der Waals surface area contributed by atoms with Crippen LogP contribution in [0.2, 0.25) is 0 Å². The number of benzene rings is 2. The van der Waals surface area contributed by atoms with E-state index in [0.29, 0.717) is 6.42 Å². The third-order valence-electron chi connectivity index (χ3n) is 3.38. The van der Waals surface area contributed by atoms with Crippen molar-refractivity contribution in [2.24, 2.45) is 0 Å². The van der Waals surface area contributed by atoms with Gasteiger partial charge in [0.25, 0.3) is 0 Å². The van der Waals surface area contributed by atoms with Gasteiger partial charge < -0.3 is 10.6 Å². The molecule has 2 amide bonds. The molecule has 1 unspecified atom stereocenters. The van der Waals surface area contributed by atoms with Crippen molar-refractivity contribution in [2.45, 2.75) is 37.3 Å². The quantitative estimate of drug-likeness (QED) is 0.762. The number of anilines is 2. The van der Waals surface area contributed by atoms with Crippen LogP contribution in [0.25, 0.3) is 0 Å². The molecule has 0 radical (unpaired) electrons. The monoisotopic (exact) mass is 342 g/mol. The van der Waals surface area contributed by atoms with Gasteiger partial charge in [0, 0.05) is 23.2 Å².